The lowest BCUT2D eigenvalue weighted by molar-refractivity contribution is 0.227. The third-order valence-electron chi connectivity index (χ3n) is 7.82. The van der Waals surface area contributed by atoms with E-state index in [4.69, 9.17) is 4.98 Å². The Kier molecular flexibility index (Phi) is 3.11. The van der Waals surface area contributed by atoms with Gasteiger partial charge in [-0.1, -0.05) is 39.0 Å². The summed E-state index contributed by atoms with van der Waals surface area (Å²) in [6.07, 6.45) is 2.60. The molecule has 3 aliphatic rings. The van der Waals surface area contributed by atoms with Gasteiger partial charge >= 0.3 is 0 Å². The minimum Gasteiger partial charge on any atom is -0.368 e. The molecule has 1 saturated carbocycles. The van der Waals surface area contributed by atoms with Gasteiger partial charge in [-0.25, -0.2) is 0 Å². The molecule has 2 fully saturated rings. The number of benzene rings is 1. The minimum absolute atomic E-state index is 0.221. The van der Waals surface area contributed by atoms with Gasteiger partial charge in [0.2, 0.25) is 0 Å². The average Bonchev–Trinajstić information content (AvgIpc) is 2.93. The summed E-state index contributed by atoms with van der Waals surface area (Å²) in [7, 11) is 2.23. The molecule has 3 nitrogen and oxygen atoms in total. The monoisotopic (exact) mass is 335 g/mol. The fourth-order valence-corrected chi connectivity index (χ4v) is 5.76. The summed E-state index contributed by atoms with van der Waals surface area (Å²) >= 11 is 0. The standard InChI is InChI=1S/C22H29N3/c1-21(2)16-9-10-22(21,3)20-18(16)19(25-13-11-24(4)12-14-25)15-7-5-6-8-17(15)23-20/h5-8,16H,9-14H2,1-4H3/t16-,22+/m0/s1. The van der Waals surface area contributed by atoms with E-state index < -0.39 is 0 Å². The number of aromatic nitrogens is 1. The Bertz CT molecular complexity index is 848. The van der Waals surface area contributed by atoms with Gasteiger partial charge in [0.05, 0.1) is 16.9 Å². The van der Waals surface area contributed by atoms with Gasteiger partial charge in [-0.15, -0.1) is 0 Å². The summed E-state index contributed by atoms with van der Waals surface area (Å²) in [6, 6.07) is 8.81. The number of fused-ring (bicyclic) bond motifs is 6. The molecular formula is C22H29N3. The third kappa shape index (κ3) is 1.88. The number of hydrogen-bond acceptors (Lipinski definition) is 3. The number of nitrogens with zero attached hydrogens (tertiary/aromatic N) is 3. The summed E-state index contributed by atoms with van der Waals surface area (Å²) in [5, 5.41) is 1.36. The smallest absolute Gasteiger partial charge is 0.0726 e. The maximum atomic E-state index is 5.24. The fourth-order valence-electron chi connectivity index (χ4n) is 5.76. The molecule has 2 atom stereocenters. The number of hydrogen-bond donors (Lipinski definition) is 0. The molecule has 2 bridgehead atoms. The first-order chi connectivity index (χ1) is 11.9. The van der Waals surface area contributed by atoms with Gasteiger partial charge in [-0.2, -0.15) is 0 Å². The Morgan fingerprint density at radius 1 is 1.04 bits per heavy atom. The van der Waals surface area contributed by atoms with Crippen molar-refractivity contribution in [1.29, 1.82) is 0 Å². The Labute approximate surface area is 151 Å². The molecule has 1 aromatic heterocycles. The zero-order valence-corrected chi connectivity index (χ0v) is 16.0. The molecule has 1 aliphatic heterocycles. The van der Waals surface area contributed by atoms with E-state index in [0.717, 1.165) is 26.2 Å². The molecule has 5 rings (SSSR count). The van der Waals surface area contributed by atoms with Crippen molar-refractivity contribution in [3.05, 3.63) is 35.5 Å². The molecule has 25 heavy (non-hydrogen) atoms. The second-order valence-corrected chi connectivity index (χ2v) is 9.18. The number of pyridine rings is 1. The predicted octanol–water partition coefficient (Wildman–Crippen LogP) is 4.16. The van der Waals surface area contributed by atoms with Crippen molar-refractivity contribution in [3.63, 3.8) is 0 Å². The summed E-state index contributed by atoms with van der Waals surface area (Å²) in [6.45, 7) is 12.0. The molecular weight excluding hydrogens is 306 g/mol. The number of para-hydroxylation sites is 1. The van der Waals surface area contributed by atoms with E-state index >= 15 is 0 Å². The summed E-state index contributed by atoms with van der Waals surface area (Å²) in [5.41, 5.74) is 6.21. The largest absolute Gasteiger partial charge is 0.368 e. The lowest BCUT2D eigenvalue weighted by atomic mass is 9.70. The maximum Gasteiger partial charge on any atom is 0.0726 e. The molecule has 2 aromatic rings. The van der Waals surface area contributed by atoms with Crippen molar-refractivity contribution in [3.8, 4) is 0 Å². The van der Waals surface area contributed by atoms with Gasteiger partial charge in [-0.3, -0.25) is 4.98 Å². The van der Waals surface area contributed by atoms with Gasteiger partial charge in [0.1, 0.15) is 0 Å². The van der Waals surface area contributed by atoms with E-state index in [0.29, 0.717) is 11.3 Å². The van der Waals surface area contributed by atoms with Crippen LogP contribution in [0.2, 0.25) is 0 Å². The molecule has 0 N–H and O–H groups in total. The van der Waals surface area contributed by atoms with Crippen molar-refractivity contribution >= 4 is 16.6 Å². The highest BCUT2D eigenvalue weighted by Crippen LogP contribution is 2.69. The van der Waals surface area contributed by atoms with Gasteiger partial charge in [0.15, 0.2) is 0 Å². The average molecular weight is 335 g/mol. The normalized spacial score (nSPS) is 30.9. The van der Waals surface area contributed by atoms with Crippen LogP contribution in [0.3, 0.4) is 0 Å². The van der Waals surface area contributed by atoms with Crippen molar-refractivity contribution in [2.24, 2.45) is 5.41 Å². The molecule has 3 heteroatoms. The SMILES string of the molecule is CN1CCN(c2c3c(nc4ccccc24)[C@@]2(C)CC[C@@H]3C2(C)C)CC1. The van der Waals surface area contributed by atoms with E-state index in [1.165, 1.54) is 35.1 Å². The molecule has 1 aromatic carbocycles. The van der Waals surface area contributed by atoms with Gasteiger partial charge in [-0.05, 0) is 37.3 Å². The Morgan fingerprint density at radius 3 is 2.52 bits per heavy atom. The lowest BCUT2D eigenvalue weighted by Gasteiger charge is -2.37. The van der Waals surface area contributed by atoms with Crippen LogP contribution >= 0.6 is 0 Å². The molecule has 0 amide bonds. The van der Waals surface area contributed by atoms with Gasteiger partial charge < -0.3 is 9.80 Å². The molecule has 2 aliphatic carbocycles. The zero-order chi connectivity index (χ0) is 17.4. The van der Waals surface area contributed by atoms with Gasteiger partial charge in [0, 0.05) is 42.5 Å². The van der Waals surface area contributed by atoms with Crippen molar-refractivity contribution in [2.75, 3.05) is 38.1 Å². The van der Waals surface area contributed by atoms with E-state index in [9.17, 15) is 0 Å². The van der Waals surface area contributed by atoms with Crippen LogP contribution in [0.15, 0.2) is 24.3 Å². The van der Waals surface area contributed by atoms with Crippen LogP contribution in [0.25, 0.3) is 10.9 Å². The van der Waals surface area contributed by atoms with Crippen molar-refractivity contribution in [1.82, 2.24) is 9.88 Å². The minimum atomic E-state index is 0.221. The highest BCUT2D eigenvalue weighted by molar-refractivity contribution is 5.95. The van der Waals surface area contributed by atoms with E-state index in [1.54, 1.807) is 5.56 Å². The second kappa shape index (κ2) is 4.97. The molecule has 0 radical (unpaired) electrons. The number of likely N-dealkylation sites (N-methyl/N-ethyl adjacent to an activating group) is 1. The van der Waals surface area contributed by atoms with Crippen LogP contribution in [-0.2, 0) is 5.41 Å². The molecule has 0 unspecified atom stereocenters. The van der Waals surface area contributed by atoms with Crippen LogP contribution in [0.5, 0.6) is 0 Å². The van der Waals surface area contributed by atoms with Crippen LogP contribution in [0, 0.1) is 5.41 Å². The molecule has 0 spiro atoms. The summed E-state index contributed by atoms with van der Waals surface area (Å²) in [5.74, 6) is 0.652. The van der Waals surface area contributed by atoms with Crippen molar-refractivity contribution in [2.45, 2.75) is 44.9 Å². The van der Waals surface area contributed by atoms with Crippen LogP contribution in [0.4, 0.5) is 5.69 Å². The molecule has 2 heterocycles. The van der Waals surface area contributed by atoms with E-state index in [1.807, 2.05) is 0 Å². The maximum absolute atomic E-state index is 5.24. The molecule has 1 saturated heterocycles. The Balaban J connectivity index is 1.79. The highest BCUT2D eigenvalue weighted by Gasteiger charge is 2.61. The number of rotatable bonds is 1. The molecule has 132 valence electrons. The second-order valence-electron chi connectivity index (χ2n) is 9.18. The van der Waals surface area contributed by atoms with Crippen LogP contribution in [0.1, 0.15) is 50.8 Å². The van der Waals surface area contributed by atoms with Crippen LogP contribution < -0.4 is 4.90 Å². The summed E-state index contributed by atoms with van der Waals surface area (Å²) < 4.78 is 0. The Hall–Kier alpha value is -1.61. The number of piperazine rings is 1. The fraction of sp³-hybridized carbons (Fsp3) is 0.591. The van der Waals surface area contributed by atoms with E-state index in [-0.39, 0.29) is 5.41 Å². The first-order valence-electron chi connectivity index (χ1n) is 9.80. The zero-order valence-electron chi connectivity index (χ0n) is 16.0. The first kappa shape index (κ1) is 15.6. The quantitative estimate of drug-likeness (QED) is 0.780. The highest BCUT2D eigenvalue weighted by atomic mass is 15.3. The van der Waals surface area contributed by atoms with Crippen molar-refractivity contribution < 1.29 is 0 Å². The first-order valence-corrected chi connectivity index (χ1v) is 9.80. The summed E-state index contributed by atoms with van der Waals surface area (Å²) in [4.78, 5) is 10.3. The Morgan fingerprint density at radius 2 is 1.76 bits per heavy atom. The third-order valence-corrected chi connectivity index (χ3v) is 7.82. The van der Waals surface area contributed by atoms with Crippen LogP contribution in [-0.4, -0.2) is 43.1 Å². The van der Waals surface area contributed by atoms with E-state index in [2.05, 4.69) is 61.9 Å². The lowest BCUT2D eigenvalue weighted by Crippen LogP contribution is -2.45. The number of anilines is 1. The van der Waals surface area contributed by atoms with Gasteiger partial charge in [0.25, 0.3) is 0 Å². The predicted molar refractivity (Wildman–Crippen MR) is 105 cm³/mol. The topological polar surface area (TPSA) is 19.4 Å².